The number of hydrogen-bond donors (Lipinski definition) is 0. The third-order valence-corrected chi connectivity index (χ3v) is 2.24. The molecule has 0 aliphatic rings. The quantitative estimate of drug-likeness (QED) is 0.739. The van der Waals surface area contributed by atoms with E-state index < -0.39 is 5.97 Å². The average molecular weight is 235 g/mol. The van der Waals surface area contributed by atoms with Gasteiger partial charge in [0.05, 0.1) is 29.8 Å². The van der Waals surface area contributed by atoms with Gasteiger partial charge in [-0.25, -0.2) is 4.79 Å². The Morgan fingerprint density at radius 2 is 1.71 bits per heavy atom. The minimum absolute atomic E-state index is 0.150. The molecule has 0 N–H and O–H groups in total. The molecule has 0 aliphatic carbocycles. The van der Waals surface area contributed by atoms with Crippen molar-refractivity contribution in [2.75, 3.05) is 14.2 Å². The number of esters is 1. The molecule has 0 bridgehead atoms. The topological polar surface area (TPSA) is 35.5 Å². The van der Waals surface area contributed by atoms with Gasteiger partial charge in [0.15, 0.2) is 0 Å². The summed E-state index contributed by atoms with van der Waals surface area (Å²) < 4.78 is 9.45. The lowest BCUT2D eigenvalue weighted by Gasteiger charge is -2.07. The molecule has 0 aromatic heterocycles. The zero-order valence-electron chi connectivity index (χ0n) is 7.64. The first-order valence-electron chi connectivity index (χ1n) is 3.71. The lowest BCUT2D eigenvalue weighted by molar-refractivity contribution is 0.0601. The lowest BCUT2D eigenvalue weighted by atomic mass is 10.2. The van der Waals surface area contributed by atoms with Crippen molar-refractivity contribution < 1.29 is 14.3 Å². The van der Waals surface area contributed by atoms with Gasteiger partial charge in [-0.3, -0.25) is 0 Å². The van der Waals surface area contributed by atoms with Gasteiger partial charge in [-0.1, -0.05) is 23.2 Å². The first kappa shape index (κ1) is 11.1. The van der Waals surface area contributed by atoms with Crippen molar-refractivity contribution in [2.24, 2.45) is 0 Å². The summed E-state index contributed by atoms with van der Waals surface area (Å²) in [6.07, 6.45) is 0. The van der Waals surface area contributed by atoms with E-state index in [1.807, 2.05) is 0 Å². The van der Waals surface area contributed by atoms with Crippen LogP contribution in [0.3, 0.4) is 0 Å². The molecule has 1 rings (SSSR count). The Morgan fingerprint density at radius 3 is 2.07 bits per heavy atom. The SMILES string of the molecule is COC(=O)c1c(Cl)cc(OC)cc1Cl. The van der Waals surface area contributed by atoms with Crippen LogP contribution < -0.4 is 4.74 Å². The van der Waals surface area contributed by atoms with E-state index in [1.165, 1.54) is 26.4 Å². The van der Waals surface area contributed by atoms with Crippen LogP contribution >= 0.6 is 23.2 Å². The third-order valence-electron chi connectivity index (χ3n) is 1.64. The molecule has 0 spiro atoms. The highest BCUT2D eigenvalue weighted by atomic mass is 35.5. The van der Waals surface area contributed by atoms with Crippen LogP contribution in [0.25, 0.3) is 0 Å². The highest BCUT2D eigenvalue weighted by Crippen LogP contribution is 2.30. The summed E-state index contributed by atoms with van der Waals surface area (Å²) in [5, 5.41) is 0.419. The number of benzene rings is 1. The molecule has 1 aromatic carbocycles. The molecule has 3 nitrogen and oxygen atoms in total. The van der Waals surface area contributed by atoms with Gasteiger partial charge < -0.3 is 9.47 Å². The Hall–Kier alpha value is -0.930. The molecule has 0 radical (unpaired) electrons. The average Bonchev–Trinajstić information content (AvgIpc) is 2.16. The van der Waals surface area contributed by atoms with Gasteiger partial charge >= 0.3 is 5.97 Å². The molecule has 5 heteroatoms. The number of methoxy groups -OCH3 is 2. The van der Waals surface area contributed by atoms with Gasteiger partial charge in [0.2, 0.25) is 0 Å². The number of carbonyl (C=O) groups is 1. The number of halogens is 2. The molecule has 0 saturated heterocycles. The van der Waals surface area contributed by atoms with E-state index in [9.17, 15) is 4.79 Å². The van der Waals surface area contributed by atoms with E-state index in [-0.39, 0.29) is 15.6 Å². The second-order valence-corrected chi connectivity index (χ2v) is 3.27. The summed E-state index contributed by atoms with van der Waals surface area (Å²) >= 11 is 11.6. The zero-order chi connectivity index (χ0) is 10.7. The molecule has 76 valence electrons. The van der Waals surface area contributed by atoms with E-state index >= 15 is 0 Å². The molecule has 0 aliphatic heterocycles. The highest BCUT2D eigenvalue weighted by molar-refractivity contribution is 6.39. The summed E-state index contributed by atoms with van der Waals surface area (Å²) in [4.78, 5) is 11.2. The van der Waals surface area contributed by atoms with Crippen molar-refractivity contribution in [2.45, 2.75) is 0 Å². The number of ether oxygens (including phenoxy) is 2. The predicted octanol–water partition coefficient (Wildman–Crippen LogP) is 2.79. The largest absolute Gasteiger partial charge is 0.497 e. The minimum atomic E-state index is -0.567. The van der Waals surface area contributed by atoms with Crippen molar-refractivity contribution in [3.05, 3.63) is 27.7 Å². The van der Waals surface area contributed by atoms with Crippen molar-refractivity contribution in [1.29, 1.82) is 0 Å². The second-order valence-electron chi connectivity index (χ2n) is 2.46. The number of carbonyl (C=O) groups excluding carboxylic acids is 1. The van der Waals surface area contributed by atoms with Crippen molar-refractivity contribution in [3.63, 3.8) is 0 Å². The smallest absolute Gasteiger partial charge is 0.340 e. The van der Waals surface area contributed by atoms with Gasteiger partial charge in [-0.15, -0.1) is 0 Å². The van der Waals surface area contributed by atoms with E-state index in [2.05, 4.69) is 4.74 Å². The maximum atomic E-state index is 11.2. The number of hydrogen-bond acceptors (Lipinski definition) is 3. The van der Waals surface area contributed by atoms with Crippen LogP contribution in [0.2, 0.25) is 10.0 Å². The van der Waals surface area contributed by atoms with Crippen LogP contribution in [0.4, 0.5) is 0 Å². The van der Waals surface area contributed by atoms with E-state index in [4.69, 9.17) is 27.9 Å². The maximum absolute atomic E-state index is 11.2. The fourth-order valence-corrected chi connectivity index (χ4v) is 1.59. The number of rotatable bonds is 2. The van der Waals surface area contributed by atoms with Crippen LogP contribution in [0.15, 0.2) is 12.1 Å². The normalized spacial score (nSPS) is 9.71. The Kier molecular flexibility index (Phi) is 3.61. The standard InChI is InChI=1S/C9H8Cl2O3/c1-13-5-3-6(10)8(7(11)4-5)9(12)14-2/h3-4H,1-2H3. The fraction of sp³-hybridized carbons (Fsp3) is 0.222. The Bertz CT molecular complexity index is 340. The second kappa shape index (κ2) is 4.53. The van der Waals surface area contributed by atoms with Crippen molar-refractivity contribution in [3.8, 4) is 5.75 Å². The maximum Gasteiger partial charge on any atom is 0.340 e. The molecular formula is C9H8Cl2O3. The highest BCUT2D eigenvalue weighted by Gasteiger charge is 2.16. The van der Waals surface area contributed by atoms with Crippen molar-refractivity contribution in [1.82, 2.24) is 0 Å². The molecule has 1 aromatic rings. The van der Waals surface area contributed by atoms with Crippen LogP contribution in [0.5, 0.6) is 5.75 Å². The molecule has 0 atom stereocenters. The lowest BCUT2D eigenvalue weighted by Crippen LogP contribution is -2.03. The summed E-state index contributed by atoms with van der Waals surface area (Å²) in [6.45, 7) is 0. The fourth-order valence-electron chi connectivity index (χ4n) is 0.965. The molecule has 0 saturated carbocycles. The van der Waals surface area contributed by atoms with E-state index in [1.54, 1.807) is 0 Å². The van der Waals surface area contributed by atoms with Crippen LogP contribution in [-0.2, 0) is 4.74 Å². The van der Waals surface area contributed by atoms with E-state index in [0.717, 1.165) is 0 Å². The Morgan fingerprint density at radius 1 is 1.21 bits per heavy atom. The molecule has 0 heterocycles. The monoisotopic (exact) mass is 234 g/mol. The predicted molar refractivity (Wildman–Crippen MR) is 54.4 cm³/mol. The summed E-state index contributed by atoms with van der Waals surface area (Å²) in [5.41, 5.74) is 0.150. The summed E-state index contributed by atoms with van der Waals surface area (Å²) in [7, 11) is 2.75. The third kappa shape index (κ3) is 2.11. The van der Waals surface area contributed by atoms with Gasteiger partial charge in [-0.2, -0.15) is 0 Å². The first-order valence-corrected chi connectivity index (χ1v) is 4.47. The van der Waals surface area contributed by atoms with Crippen LogP contribution in [0, 0.1) is 0 Å². The summed E-state index contributed by atoms with van der Waals surface area (Å²) in [6, 6.07) is 3.00. The van der Waals surface area contributed by atoms with Gasteiger partial charge in [0.1, 0.15) is 5.75 Å². The van der Waals surface area contributed by atoms with E-state index in [0.29, 0.717) is 5.75 Å². The zero-order valence-corrected chi connectivity index (χ0v) is 9.15. The van der Waals surface area contributed by atoms with Gasteiger partial charge in [0, 0.05) is 0 Å². The first-order chi connectivity index (χ1) is 6.60. The van der Waals surface area contributed by atoms with Crippen LogP contribution in [-0.4, -0.2) is 20.2 Å². The Labute approximate surface area is 91.5 Å². The van der Waals surface area contributed by atoms with Gasteiger partial charge in [-0.05, 0) is 12.1 Å². The molecular weight excluding hydrogens is 227 g/mol. The molecule has 0 fully saturated rings. The van der Waals surface area contributed by atoms with Crippen molar-refractivity contribution >= 4 is 29.2 Å². The van der Waals surface area contributed by atoms with Crippen LogP contribution in [0.1, 0.15) is 10.4 Å². The molecule has 0 unspecified atom stereocenters. The minimum Gasteiger partial charge on any atom is -0.497 e. The Balaban J connectivity index is 3.25. The van der Waals surface area contributed by atoms with Gasteiger partial charge in [0.25, 0.3) is 0 Å². The summed E-state index contributed by atoms with van der Waals surface area (Å²) in [5.74, 6) is -0.0738. The molecule has 14 heavy (non-hydrogen) atoms. The molecule has 0 amide bonds.